The molecule has 0 radical (unpaired) electrons. The molecule has 1 aliphatic heterocycles. The van der Waals surface area contributed by atoms with Crippen LogP contribution in [0, 0.1) is 34.5 Å². The second-order valence-electron chi connectivity index (χ2n) is 17.2. The monoisotopic (exact) mass is 690 g/mol. The van der Waals surface area contributed by atoms with Crippen LogP contribution in [-0.4, -0.2) is 65.8 Å². The number of ether oxygens (including phenoxy) is 2. The number of hydrogen-bond acceptors (Lipinski definition) is 10. The summed E-state index contributed by atoms with van der Waals surface area (Å²) in [5.74, 6) is -0.0800. The van der Waals surface area contributed by atoms with Crippen molar-refractivity contribution in [1.82, 2.24) is 4.72 Å². The van der Waals surface area contributed by atoms with Crippen LogP contribution < -0.4 is 26.7 Å². The van der Waals surface area contributed by atoms with Gasteiger partial charge in [0.1, 0.15) is 11.4 Å². The van der Waals surface area contributed by atoms with Crippen molar-refractivity contribution in [2.45, 2.75) is 145 Å². The van der Waals surface area contributed by atoms with Crippen LogP contribution in [0.15, 0.2) is 23.1 Å². The molecule has 1 aromatic rings. The van der Waals surface area contributed by atoms with Crippen molar-refractivity contribution in [3.8, 4) is 5.75 Å². The van der Waals surface area contributed by atoms with Gasteiger partial charge in [0.25, 0.3) is 10.0 Å². The number of aliphatic hydroxyl groups excluding tert-OH is 2. The van der Waals surface area contributed by atoms with Crippen LogP contribution in [-0.2, 0) is 21.2 Å². The molecule has 0 aromatic heterocycles. The molecule has 1 amide bonds. The highest BCUT2D eigenvalue weighted by molar-refractivity contribution is 7.90. The van der Waals surface area contributed by atoms with Crippen molar-refractivity contribution in [2.75, 3.05) is 6.61 Å². The molecule has 6 rings (SSSR count). The number of nitrogens with one attached hydrogen (secondary N) is 1. The smallest absolute Gasteiger partial charge is 0.421 e. The number of carbonyl (C=O) groups excluding carboxylic acids is 1. The Hall–Kier alpha value is -1.96. The maximum Gasteiger partial charge on any atom is 0.421 e. The van der Waals surface area contributed by atoms with E-state index in [0.29, 0.717) is 50.7 Å². The number of fused-ring (bicyclic) bond motifs is 6. The summed E-state index contributed by atoms with van der Waals surface area (Å²) in [6, 6.07) is 4.62. The van der Waals surface area contributed by atoms with E-state index in [1.54, 1.807) is 12.1 Å². The Morgan fingerprint density at radius 3 is 2.42 bits per heavy atom. The van der Waals surface area contributed by atoms with Gasteiger partial charge >= 0.3 is 6.09 Å². The van der Waals surface area contributed by atoms with Gasteiger partial charge in [-0.1, -0.05) is 27.7 Å². The van der Waals surface area contributed by atoms with E-state index < -0.39 is 61.7 Å². The number of amides is 1. The number of hydrogen-bond donors (Lipinski definition) is 6. The number of aryl methyl sites for hydroxylation is 1. The van der Waals surface area contributed by atoms with Gasteiger partial charge in [0.05, 0.1) is 23.7 Å². The van der Waals surface area contributed by atoms with E-state index in [1.165, 1.54) is 6.07 Å². The minimum Gasteiger partial charge on any atom is -0.488 e. The zero-order chi connectivity index (χ0) is 35.3. The zero-order valence-electron chi connectivity index (χ0n) is 29.6. The molecule has 1 heterocycles. The quantitative estimate of drug-likeness (QED) is 0.256. The first-order valence-electron chi connectivity index (χ1n) is 17.9. The Labute approximate surface area is 286 Å². The third kappa shape index (κ3) is 5.05. The van der Waals surface area contributed by atoms with Gasteiger partial charge in [-0.3, -0.25) is 0 Å². The number of aliphatic hydroxyl groups is 2. The Bertz CT molecular complexity index is 1560. The Balaban J connectivity index is 1.16. The third-order valence-electron chi connectivity index (χ3n) is 14.5. The molecule has 5 aliphatic rings. The van der Waals surface area contributed by atoms with Crippen molar-refractivity contribution in [3.05, 3.63) is 23.8 Å². The number of rotatable bonds is 6. The number of sulfonamides is 1. The summed E-state index contributed by atoms with van der Waals surface area (Å²) in [7, 11) is -4.16. The SMILES string of the molecule is CC[C@H]1[C@@H](O)[C@H]2[C@]3(N)CCC([C@H](C)COC(=O)NS(=O)(=O)c4ccc5c(c4)CCC(C)(C)O5)C3(C)CC[C@]2(N)C2(C)CC[C@@H](O)CC12N. The Morgan fingerprint density at radius 2 is 1.73 bits per heavy atom. The van der Waals surface area contributed by atoms with E-state index in [-0.39, 0.29) is 34.9 Å². The minimum absolute atomic E-state index is 0.0164. The third-order valence-corrected chi connectivity index (χ3v) is 15.8. The zero-order valence-corrected chi connectivity index (χ0v) is 30.4. The van der Waals surface area contributed by atoms with Crippen LogP contribution in [0.2, 0.25) is 0 Å². The van der Waals surface area contributed by atoms with Crippen molar-refractivity contribution in [1.29, 1.82) is 0 Å². The first-order valence-corrected chi connectivity index (χ1v) is 19.4. The topological polar surface area (TPSA) is 200 Å². The molecule has 11 nitrogen and oxygen atoms in total. The van der Waals surface area contributed by atoms with E-state index in [1.807, 2.05) is 27.7 Å². The van der Waals surface area contributed by atoms with Gasteiger partial charge in [0.15, 0.2) is 0 Å². The molecule has 4 fully saturated rings. The lowest BCUT2D eigenvalue weighted by Crippen LogP contribution is -2.87. The number of nitrogens with two attached hydrogens (primary N) is 3. The standard InChI is InChI=1S/C36H58N4O7S/c1-7-25-28(42)29-34(37)15-12-26(32(34,5)16-17-35(29,38)33(6)14-11-23(41)19-36(25,33)39)21(2)20-46-30(43)40-48(44,45)24-8-9-27-22(18-24)10-13-31(3,4)47-27/h8-9,18,21,23,25-26,28-29,41-42H,7,10-17,19-20,37-39H2,1-6H3,(H,40,43)/t21-,23-,25+,26?,28-,29+,32?,33?,34-,35-,36?/m1/s1. The Morgan fingerprint density at radius 1 is 1.02 bits per heavy atom. The maximum absolute atomic E-state index is 13.1. The molecular formula is C36H58N4O7S. The van der Waals surface area contributed by atoms with Gasteiger partial charge in [-0.2, -0.15) is 0 Å². The molecule has 4 saturated carbocycles. The minimum atomic E-state index is -4.16. The van der Waals surface area contributed by atoms with Crippen LogP contribution >= 0.6 is 0 Å². The maximum atomic E-state index is 13.1. The molecule has 4 aliphatic carbocycles. The molecular weight excluding hydrogens is 632 g/mol. The highest BCUT2D eigenvalue weighted by atomic mass is 32.2. The van der Waals surface area contributed by atoms with Crippen molar-refractivity contribution in [3.63, 3.8) is 0 Å². The van der Waals surface area contributed by atoms with Crippen LogP contribution in [0.3, 0.4) is 0 Å². The van der Waals surface area contributed by atoms with Gasteiger partial charge in [-0.15, -0.1) is 0 Å². The summed E-state index contributed by atoms with van der Waals surface area (Å²) in [6.45, 7) is 12.4. The molecule has 12 heteroatoms. The van der Waals surface area contributed by atoms with Crippen LogP contribution in [0.5, 0.6) is 5.75 Å². The van der Waals surface area contributed by atoms with Crippen molar-refractivity contribution >= 4 is 16.1 Å². The highest BCUT2D eigenvalue weighted by Gasteiger charge is 2.77. The summed E-state index contributed by atoms with van der Waals surface area (Å²) >= 11 is 0. The molecule has 11 atom stereocenters. The Kier molecular flexibility index (Phi) is 8.61. The van der Waals surface area contributed by atoms with E-state index >= 15 is 0 Å². The van der Waals surface area contributed by atoms with Crippen LogP contribution in [0.25, 0.3) is 0 Å². The fourth-order valence-corrected chi connectivity index (χ4v) is 12.5. The normalized spacial score (nSPS) is 43.9. The van der Waals surface area contributed by atoms with Crippen LogP contribution in [0.4, 0.5) is 4.79 Å². The summed E-state index contributed by atoms with van der Waals surface area (Å²) in [5.41, 5.74) is 19.5. The number of carbonyl (C=O) groups is 1. The van der Waals surface area contributed by atoms with Gasteiger partial charge in [0.2, 0.25) is 0 Å². The predicted molar refractivity (Wildman–Crippen MR) is 182 cm³/mol. The second kappa shape index (κ2) is 11.5. The second-order valence-corrected chi connectivity index (χ2v) is 18.9. The lowest BCUT2D eigenvalue weighted by molar-refractivity contribution is -0.229. The fourth-order valence-electron chi connectivity index (χ4n) is 11.6. The van der Waals surface area contributed by atoms with Gasteiger partial charge in [-0.05, 0) is 119 Å². The van der Waals surface area contributed by atoms with Gasteiger partial charge in [0, 0.05) is 33.9 Å². The molecule has 270 valence electrons. The van der Waals surface area contributed by atoms with E-state index in [9.17, 15) is 23.4 Å². The molecule has 0 bridgehead atoms. The van der Waals surface area contributed by atoms with Crippen molar-refractivity contribution in [2.24, 2.45) is 51.7 Å². The average molecular weight is 691 g/mol. The van der Waals surface area contributed by atoms with E-state index in [4.69, 9.17) is 26.7 Å². The molecule has 9 N–H and O–H groups in total. The summed E-state index contributed by atoms with van der Waals surface area (Å²) in [5, 5.41) is 22.9. The average Bonchev–Trinajstić information content (AvgIpc) is 3.27. The lowest BCUT2D eigenvalue weighted by Gasteiger charge is -2.74. The van der Waals surface area contributed by atoms with Gasteiger partial charge in [-0.25, -0.2) is 17.9 Å². The molecule has 4 unspecified atom stereocenters. The summed E-state index contributed by atoms with van der Waals surface area (Å²) < 4.78 is 39.8. The van der Waals surface area contributed by atoms with Crippen molar-refractivity contribution < 1.29 is 32.9 Å². The molecule has 1 aromatic carbocycles. The molecule has 0 saturated heterocycles. The van der Waals surface area contributed by atoms with Gasteiger partial charge < -0.3 is 36.9 Å². The summed E-state index contributed by atoms with van der Waals surface area (Å²) in [4.78, 5) is 12.9. The molecule has 0 spiro atoms. The first kappa shape index (κ1) is 35.9. The predicted octanol–water partition coefficient (Wildman–Crippen LogP) is 3.71. The number of benzene rings is 1. The molecule has 48 heavy (non-hydrogen) atoms. The largest absolute Gasteiger partial charge is 0.488 e. The van der Waals surface area contributed by atoms with E-state index in [2.05, 4.69) is 18.6 Å². The fraction of sp³-hybridized carbons (Fsp3) is 0.806. The van der Waals surface area contributed by atoms with E-state index in [0.717, 1.165) is 24.8 Å². The summed E-state index contributed by atoms with van der Waals surface area (Å²) in [6.07, 6.45) is 4.22. The lowest BCUT2D eigenvalue weighted by atomic mass is 9.34. The first-order chi connectivity index (χ1) is 22.2. The highest BCUT2D eigenvalue weighted by Crippen LogP contribution is 2.71. The van der Waals surface area contributed by atoms with Crippen LogP contribution in [0.1, 0.15) is 105 Å².